The number of amides is 6. The van der Waals surface area contributed by atoms with Crippen LogP contribution in [0.15, 0.2) is 63.5 Å². The number of carbonyl (C=O) groups excluding carboxylic acids is 5. The molecule has 248 valence electrons. The lowest BCUT2D eigenvalue weighted by Gasteiger charge is -2.31. The molecule has 2 aliphatic heterocycles. The van der Waals surface area contributed by atoms with Crippen molar-refractivity contribution in [3.05, 3.63) is 102 Å². The van der Waals surface area contributed by atoms with Crippen LogP contribution in [0.25, 0.3) is 0 Å². The van der Waals surface area contributed by atoms with Crippen molar-refractivity contribution >= 4 is 67.5 Å². The zero-order chi connectivity index (χ0) is 34.2. The number of nitrogens with one attached hydrogen (secondary N) is 4. The van der Waals surface area contributed by atoms with Gasteiger partial charge in [-0.25, -0.2) is 14.4 Å². The van der Waals surface area contributed by atoms with Crippen molar-refractivity contribution < 1.29 is 33.9 Å². The molecule has 11 nitrogen and oxygen atoms in total. The van der Waals surface area contributed by atoms with Gasteiger partial charge >= 0.3 is 18.0 Å². The van der Waals surface area contributed by atoms with Gasteiger partial charge in [0.25, 0.3) is 11.8 Å². The third-order valence-corrected chi connectivity index (χ3v) is 10.5. The van der Waals surface area contributed by atoms with Gasteiger partial charge in [0.2, 0.25) is 0 Å². The average Bonchev–Trinajstić information content (AvgIpc) is 3.48. The molecule has 2 fully saturated rings. The first-order valence-electron chi connectivity index (χ1n) is 15.5. The molecule has 3 aromatic carbocycles. The molecule has 3 aromatic rings. The van der Waals surface area contributed by atoms with E-state index < -0.39 is 23.1 Å². The number of aryl methyl sites for hydroxylation is 3. The van der Waals surface area contributed by atoms with Crippen molar-refractivity contribution in [2.45, 2.75) is 68.9 Å². The number of carboxylic acids is 1. The Morgan fingerprint density at radius 1 is 0.604 bits per heavy atom. The van der Waals surface area contributed by atoms with Gasteiger partial charge in [0, 0.05) is 34.6 Å². The van der Waals surface area contributed by atoms with Crippen molar-refractivity contribution in [3.63, 3.8) is 0 Å². The molecule has 2 saturated heterocycles. The van der Waals surface area contributed by atoms with Gasteiger partial charge in [-0.1, -0.05) is 50.1 Å². The van der Waals surface area contributed by atoms with Gasteiger partial charge in [-0.2, -0.15) is 0 Å². The first-order chi connectivity index (χ1) is 22.8. The average molecular weight is 780 g/mol. The highest BCUT2D eigenvalue weighted by molar-refractivity contribution is 9.10. The Morgan fingerprint density at radius 2 is 1.08 bits per heavy atom. The SMILES string of the molecule is O=C1CCc2cc(Br)ccc2C1.O=C1NC(=O)C2(CCc3cc(Br)ccc3C2)N1.O=C1NC(=O)C2(CCc3cc(C(=O)O)ccc3C2)N1. The number of ketones is 1. The van der Waals surface area contributed by atoms with E-state index >= 15 is 0 Å². The normalized spacial score (nSPS) is 23.2. The number of hydrogen-bond acceptors (Lipinski definition) is 6. The highest BCUT2D eigenvalue weighted by Gasteiger charge is 2.48. The van der Waals surface area contributed by atoms with Crippen LogP contribution in [-0.4, -0.2) is 51.8 Å². The molecular weight excluding hydrogens is 748 g/mol. The third kappa shape index (κ3) is 6.93. The van der Waals surface area contributed by atoms with Crippen LogP contribution in [0.5, 0.6) is 0 Å². The van der Waals surface area contributed by atoms with Crippen LogP contribution in [0.3, 0.4) is 0 Å². The number of aromatic carboxylic acids is 1. The molecule has 0 radical (unpaired) electrons. The number of rotatable bonds is 1. The second-order valence-corrected chi connectivity index (χ2v) is 14.5. The second-order valence-electron chi connectivity index (χ2n) is 12.7. The summed E-state index contributed by atoms with van der Waals surface area (Å²) in [6.45, 7) is 0. The van der Waals surface area contributed by atoms with Gasteiger partial charge in [-0.15, -0.1) is 0 Å². The van der Waals surface area contributed by atoms with Gasteiger partial charge in [0.05, 0.1) is 5.56 Å². The summed E-state index contributed by atoms with van der Waals surface area (Å²) >= 11 is 6.86. The largest absolute Gasteiger partial charge is 0.478 e. The number of carboxylic acid groups (broad SMARTS) is 1. The molecule has 3 aliphatic carbocycles. The summed E-state index contributed by atoms with van der Waals surface area (Å²) in [6, 6.07) is 16.2. The van der Waals surface area contributed by atoms with Crippen LogP contribution in [-0.2, 0) is 52.9 Å². The minimum absolute atomic E-state index is 0.198. The van der Waals surface area contributed by atoms with Gasteiger partial charge in [0.1, 0.15) is 16.9 Å². The molecule has 0 aromatic heterocycles. The van der Waals surface area contributed by atoms with Crippen LogP contribution in [0.1, 0.15) is 63.0 Å². The minimum atomic E-state index is -0.963. The predicted molar refractivity (Wildman–Crippen MR) is 182 cm³/mol. The fourth-order valence-corrected chi connectivity index (χ4v) is 7.74. The van der Waals surface area contributed by atoms with Crippen molar-refractivity contribution in [2.24, 2.45) is 0 Å². The van der Waals surface area contributed by atoms with Crippen LogP contribution >= 0.6 is 31.9 Å². The number of imide groups is 2. The van der Waals surface area contributed by atoms with E-state index in [-0.39, 0.29) is 23.4 Å². The lowest BCUT2D eigenvalue weighted by Crippen LogP contribution is -2.51. The summed E-state index contributed by atoms with van der Waals surface area (Å²) in [5.41, 5.74) is 5.41. The smallest absolute Gasteiger partial charge is 0.335 e. The van der Waals surface area contributed by atoms with Crippen molar-refractivity contribution in [1.29, 1.82) is 0 Å². The summed E-state index contributed by atoms with van der Waals surface area (Å²) in [5, 5.41) is 19.0. The highest BCUT2D eigenvalue weighted by atomic mass is 79.9. The van der Waals surface area contributed by atoms with E-state index in [0.717, 1.165) is 38.5 Å². The summed E-state index contributed by atoms with van der Waals surface area (Å²) in [4.78, 5) is 68.2. The second kappa shape index (κ2) is 13.3. The number of benzene rings is 3. The lowest BCUT2D eigenvalue weighted by atomic mass is 9.77. The maximum Gasteiger partial charge on any atom is 0.335 e. The van der Waals surface area contributed by atoms with Crippen molar-refractivity contribution in [3.8, 4) is 0 Å². The summed E-state index contributed by atoms with van der Waals surface area (Å²) < 4.78 is 2.16. The van der Waals surface area contributed by atoms with E-state index in [0.29, 0.717) is 50.7 Å². The summed E-state index contributed by atoms with van der Waals surface area (Å²) in [5.74, 6) is -1.10. The third-order valence-electron chi connectivity index (χ3n) is 9.51. The maximum absolute atomic E-state index is 11.9. The minimum Gasteiger partial charge on any atom is -0.478 e. The molecule has 48 heavy (non-hydrogen) atoms. The Bertz CT molecular complexity index is 1900. The van der Waals surface area contributed by atoms with E-state index in [1.807, 2.05) is 24.3 Å². The van der Waals surface area contributed by atoms with E-state index in [1.165, 1.54) is 22.8 Å². The first-order valence-corrected chi connectivity index (χ1v) is 17.1. The molecule has 2 spiro atoms. The highest BCUT2D eigenvalue weighted by Crippen LogP contribution is 2.33. The molecule has 5 aliphatic rings. The summed E-state index contributed by atoms with van der Waals surface area (Å²) in [7, 11) is 0. The number of halogens is 2. The molecular formula is C35H32Br2N4O7. The number of Topliss-reactive ketones (excluding diaryl/α,β-unsaturated/α-hetero) is 1. The molecule has 2 atom stereocenters. The van der Waals surface area contributed by atoms with Crippen molar-refractivity contribution in [1.82, 2.24) is 21.3 Å². The molecule has 2 heterocycles. The van der Waals surface area contributed by atoms with Gasteiger partial charge in [-0.05, 0) is 102 Å². The Balaban J connectivity index is 0.000000129. The van der Waals surface area contributed by atoms with Crippen LogP contribution in [0, 0.1) is 0 Å². The van der Waals surface area contributed by atoms with Gasteiger partial charge < -0.3 is 15.7 Å². The molecule has 2 unspecified atom stereocenters. The lowest BCUT2D eigenvalue weighted by molar-refractivity contribution is -0.125. The molecule has 13 heteroatoms. The zero-order valence-corrected chi connectivity index (χ0v) is 28.9. The predicted octanol–water partition coefficient (Wildman–Crippen LogP) is 4.47. The Hall–Kier alpha value is -4.36. The van der Waals surface area contributed by atoms with Crippen LogP contribution in [0.4, 0.5) is 9.59 Å². The molecule has 0 saturated carbocycles. The van der Waals surface area contributed by atoms with Gasteiger partial charge in [0.15, 0.2) is 0 Å². The Labute approximate surface area is 292 Å². The maximum atomic E-state index is 11.9. The van der Waals surface area contributed by atoms with Crippen LogP contribution < -0.4 is 21.3 Å². The topological polar surface area (TPSA) is 171 Å². The first kappa shape index (κ1) is 33.5. The van der Waals surface area contributed by atoms with Crippen LogP contribution in [0.2, 0.25) is 0 Å². The Kier molecular flexibility index (Phi) is 9.27. The quantitative estimate of drug-likeness (QED) is 0.227. The van der Waals surface area contributed by atoms with E-state index in [4.69, 9.17) is 5.11 Å². The molecule has 8 rings (SSSR count). The number of urea groups is 2. The fourth-order valence-electron chi connectivity index (χ4n) is 6.92. The van der Waals surface area contributed by atoms with E-state index in [9.17, 15) is 28.8 Å². The van der Waals surface area contributed by atoms with E-state index in [2.05, 4.69) is 65.3 Å². The molecule has 6 amide bonds. The standard InChI is InChI=1S/C13H12N2O4.C12H11BrN2O2.C10H9BrO/c16-10(17)8-1-2-9-6-13(4-3-7(9)5-8)11(18)14-12(19)15-13;13-9-2-1-8-6-12(4-3-7(8)5-9)10(16)14-11(17)15-12;11-9-3-1-8-6-10(12)4-2-7(8)5-9/h1-2,5H,3-4,6H2,(H,16,17)(H2,14,15,18,19);1-2,5H,3-4,6H2,(H2,14,15,16,17);1,3,5H,2,4,6H2. The van der Waals surface area contributed by atoms with Gasteiger partial charge in [-0.3, -0.25) is 25.0 Å². The number of hydrogen-bond donors (Lipinski definition) is 5. The monoisotopic (exact) mass is 778 g/mol. The number of fused-ring (bicyclic) bond motifs is 3. The Morgan fingerprint density at radius 3 is 1.58 bits per heavy atom. The number of carbonyl (C=O) groups is 6. The van der Waals surface area contributed by atoms with E-state index in [1.54, 1.807) is 12.1 Å². The molecule has 5 N–H and O–H groups in total. The summed E-state index contributed by atoms with van der Waals surface area (Å²) in [6.07, 6.45) is 5.76. The zero-order valence-electron chi connectivity index (χ0n) is 25.7. The fraction of sp³-hybridized carbons (Fsp3) is 0.314. The molecule has 0 bridgehead atoms. The van der Waals surface area contributed by atoms with Crippen molar-refractivity contribution in [2.75, 3.05) is 0 Å².